The third-order valence-electron chi connectivity index (χ3n) is 2.56. The molecule has 1 aromatic heterocycles. The van der Waals surface area contributed by atoms with Crippen LogP contribution in [0.2, 0.25) is 0 Å². The average molecular weight is 308 g/mol. The van der Waals surface area contributed by atoms with Crippen molar-refractivity contribution in [2.24, 2.45) is 0 Å². The fraction of sp³-hybridized carbons (Fsp3) is 0.0769. The van der Waals surface area contributed by atoms with Gasteiger partial charge in [-0.25, -0.2) is 8.42 Å². The van der Waals surface area contributed by atoms with Crippen molar-refractivity contribution in [1.29, 1.82) is 0 Å². The molecular formula is C13H12N2O5S. The van der Waals surface area contributed by atoms with Crippen LogP contribution in [0.4, 0.5) is 0 Å². The van der Waals surface area contributed by atoms with Gasteiger partial charge in [-0.2, -0.15) is 0 Å². The fourth-order valence-corrected chi connectivity index (χ4v) is 2.19. The van der Waals surface area contributed by atoms with Crippen molar-refractivity contribution in [2.75, 3.05) is 6.26 Å². The number of hydrogen-bond donors (Lipinski definition) is 2. The quantitative estimate of drug-likeness (QED) is 0.814. The zero-order valence-corrected chi connectivity index (χ0v) is 11.8. The van der Waals surface area contributed by atoms with Gasteiger partial charge in [-0.15, -0.1) is 0 Å². The summed E-state index contributed by atoms with van der Waals surface area (Å²) in [5, 5.41) is 0. The summed E-state index contributed by atoms with van der Waals surface area (Å²) in [4.78, 5) is 23.4. The lowest BCUT2D eigenvalue weighted by Crippen LogP contribution is -2.41. The van der Waals surface area contributed by atoms with Crippen molar-refractivity contribution in [3.63, 3.8) is 0 Å². The van der Waals surface area contributed by atoms with Gasteiger partial charge in [0.1, 0.15) is 0 Å². The van der Waals surface area contributed by atoms with Crippen LogP contribution in [0.25, 0.3) is 0 Å². The molecule has 1 heterocycles. The first-order valence-corrected chi connectivity index (χ1v) is 7.71. The van der Waals surface area contributed by atoms with Gasteiger partial charge in [-0.1, -0.05) is 6.07 Å². The monoisotopic (exact) mass is 308 g/mol. The first-order valence-electron chi connectivity index (χ1n) is 5.82. The molecule has 110 valence electrons. The first kappa shape index (κ1) is 14.8. The van der Waals surface area contributed by atoms with Crippen LogP contribution in [0.3, 0.4) is 0 Å². The average Bonchev–Trinajstić information content (AvgIpc) is 2.98. The largest absolute Gasteiger partial charge is 0.459 e. The highest BCUT2D eigenvalue weighted by Crippen LogP contribution is 2.11. The molecule has 0 atom stereocenters. The lowest BCUT2D eigenvalue weighted by molar-refractivity contribution is 0.0831. The van der Waals surface area contributed by atoms with E-state index in [9.17, 15) is 18.0 Å². The minimum absolute atomic E-state index is 0.0208. The van der Waals surface area contributed by atoms with E-state index in [0.717, 1.165) is 6.26 Å². The summed E-state index contributed by atoms with van der Waals surface area (Å²) in [6.07, 6.45) is 2.37. The molecule has 8 heteroatoms. The van der Waals surface area contributed by atoms with Crippen molar-refractivity contribution in [1.82, 2.24) is 10.9 Å². The second-order valence-corrected chi connectivity index (χ2v) is 6.20. The van der Waals surface area contributed by atoms with Gasteiger partial charge in [0.15, 0.2) is 15.6 Å². The summed E-state index contributed by atoms with van der Waals surface area (Å²) in [5.74, 6) is -1.21. The molecule has 2 aromatic rings. The molecule has 0 saturated heterocycles. The van der Waals surface area contributed by atoms with Crippen molar-refractivity contribution in [2.45, 2.75) is 4.90 Å². The van der Waals surface area contributed by atoms with Crippen molar-refractivity contribution < 1.29 is 22.4 Å². The van der Waals surface area contributed by atoms with E-state index in [1.54, 1.807) is 0 Å². The molecule has 0 saturated carbocycles. The van der Waals surface area contributed by atoms with Crippen LogP contribution in [0.5, 0.6) is 0 Å². The molecule has 0 unspecified atom stereocenters. The van der Waals surface area contributed by atoms with E-state index in [1.165, 1.54) is 42.7 Å². The summed E-state index contributed by atoms with van der Waals surface area (Å²) in [6, 6.07) is 8.46. The highest BCUT2D eigenvalue weighted by Gasteiger charge is 2.13. The van der Waals surface area contributed by atoms with E-state index >= 15 is 0 Å². The maximum absolute atomic E-state index is 11.8. The van der Waals surface area contributed by atoms with Gasteiger partial charge in [-0.05, 0) is 30.3 Å². The number of nitrogens with one attached hydrogen (secondary N) is 2. The van der Waals surface area contributed by atoms with Crippen molar-refractivity contribution in [3.05, 3.63) is 54.0 Å². The number of benzene rings is 1. The highest BCUT2D eigenvalue weighted by atomic mass is 32.2. The van der Waals surface area contributed by atoms with Gasteiger partial charge in [-0.3, -0.25) is 20.4 Å². The second-order valence-electron chi connectivity index (χ2n) is 4.19. The van der Waals surface area contributed by atoms with Crippen LogP contribution in [-0.2, 0) is 9.84 Å². The predicted octanol–water partition coefficient (Wildman–Crippen LogP) is 0.758. The maximum atomic E-state index is 11.8. The number of amides is 2. The molecule has 0 aliphatic rings. The Morgan fingerprint density at radius 1 is 1.05 bits per heavy atom. The summed E-state index contributed by atoms with van der Waals surface area (Å²) in [7, 11) is -3.41. The third kappa shape index (κ3) is 3.69. The Morgan fingerprint density at radius 3 is 2.38 bits per heavy atom. The molecule has 7 nitrogen and oxygen atoms in total. The molecule has 0 aliphatic carbocycles. The Hall–Kier alpha value is -2.61. The van der Waals surface area contributed by atoms with E-state index in [-0.39, 0.29) is 16.2 Å². The van der Waals surface area contributed by atoms with E-state index in [0.29, 0.717) is 0 Å². The van der Waals surface area contributed by atoms with E-state index in [4.69, 9.17) is 4.42 Å². The zero-order chi connectivity index (χ0) is 15.5. The van der Waals surface area contributed by atoms with Gasteiger partial charge in [0.25, 0.3) is 5.91 Å². The summed E-state index contributed by atoms with van der Waals surface area (Å²) in [6.45, 7) is 0. The van der Waals surface area contributed by atoms with Crippen LogP contribution in [0.15, 0.2) is 52.0 Å². The second kappa shape index (κ2) is 5.80. The van der Waals surface area contributed by atoms with Crippen LogP contribution < -0.4 is 10.9 Å². The Labute approximate surface area is 120 Å². The molecule has 2 amide bonds. The van der Waals surface area contributed by atoms with E-state index < -0.39 is 21.7 Å². The van der Waals surface area contributed by atoms with Crippen molar-refractivity contribution in [3.8, 4) is 0 Å². The predicted molar refractivity (Wildman–Crippen MR) is 73.2 cm³/mol. The standard InChI is InChI=1S/C13H12N2O5S/c1-21(18,19)10-5-2-4-9(8-10)12(16)14-15-13(17)11-6-3-7-20-11/h2-8H,1H3,(H,14,16)(H,15,17). The van der Waals surface area contributed by atoms with Crippen LogP contribution in [0.1, 0.15) is 20.9 Å². The van der Waals surface area contributed by atoms with Crippen molar-refractivity contribution >= 4 is 21.7 Å². The Bertz CT molecular complexity index is 766. The minimum Gasteiger partial charge on any atom is -0.459 e. The van der Waals surface area contributed by atoms with Crippen LogP contribution in [0, 0.1) is 0 Å². The smallest absolute Gasteiger partial charge is 0.305 e. The van der Waals surface area contributed by atoms with Crippen LogP contribution >= 0.6 is 0 Å². The Morgan fingerprint density at radius 2 is 1.76 bits per heavy atom. The van der Waals surface area contributed by atoms with Gasteiger partial charge in [0, 0.05) is 11.8 Å². The zero-order valence-electron chi connectivity index (χ0n) is 11.0. The molecular weight excluding hydrogens is 296 g/mol. The Balaban J connectivity index is 2.06. The number of hydrogen-bond acceptors (Lipinski definition) is 5. The molecule has 21 heavy (non-hydrogen) atoms. The Kier molecular flexibility index (Phi) is 4.08. The van der Waals surface area contributed by atoms with Gasteiger partial charge >= 0.3 is 5.91 Å². The fourth-order valence-electron chi connectivity index (χ4n) is 1.52. The number of carbonyl (C=O) groups excluding carboxylic acids is 2. The first-order chi connectivity index (χ1) is 9.88. The molecule has 0 aliphatic heterocycles. The maximum Gasteiger partial charge on any atom is 0.305 e. The molecule has 0 bridgehead atoms. The lowest BCUT2D eigenvalue weighted by Gasteiger charge is -2.07. The van der Waals surface area contributed by atoms with Crippen LogP contribution in [-0.4, -0.2) is 26.5 Å². The number of rotatable bonds is 3. The topological polar surface area (TPSA) is 105 Å². The molecule has 1 aromatic carbocycles. The third-order valence-corrected chi connectivity index (χ3v) is 3.67. The lowest BCUT2D eigenvalue weighted by atomic mass is 10.2. The SMILES string of the molecule is CS(=O)(=O)c1cccc(C(=O)NNC(=O)c2ccco2)c1. The number of hydrazine groups is 1. The van der Waals surface area contributed by atoms with E-state index in [1.807, 2.05) is 0 Å². The highest BCUT2D eigenvalue weighted by molar-refractivity contribution is 7.90. The molecule has 2 N–H and O–H groups in total. The number of furan rings is 1. The van der Waals surface area contributed by atoms with Gasteiger partial charge in [0.05, 0.1) is 11.2 Å². The van der Waals surface area contributed by atoms with E-state index in [2.05, 4.69) is 10.9 Å². The molecule has 0 radical (unpaired) electrons. The normalized spacial score (nSPS) is 10.9. The summed E-state index contributed by atoms with van der Waals surface area (Å²) in [5.41, 5.74) is 4.44. The molecule has 2 rings (SSSR count). The number of sulfone groups is 1. The number of carbonyl (C=O) groups is 2. The summed E-state index contributed by atoms with van der Waals surface area (Å²) >= 11 is 0. The minimum atomic E-state index is -3.41. The van der Waals surface area contributed by atoms with Gasteiger partial charge < -0.3 is 4.42 Å². The molecule has 0 fully saturated rings. The summed E-state index contributed by atoms with van der Waals surface area (Å²) < 4.78 is 27.7. The van der Waals surface area contributed by atoms with Gasteiger partial charge in [0.2, 0.25) is 0 Å². The molecule has 0 spiro atoms.